The van der Waals surface area contributed by atoms with Crippen molar-refractivity contribution in [3.63, 3.8) is 0 Å². The van der Waals surface area contributed by atoms with E-state index in [0.29, 0.717) is 42.0 Å². The topological polar surface area (TPSA) is 103 Å². The summed E-state index contributed by atoms with van der Waals surface area (Å²) in [4.78, 5) is 35.2. The summed E-state index contributed by atoms with van der Waals surface area (Å²) in [7, 11) is 0. The number of ether oxygens (including phenoxy) is 3. The molecule has 1 aliphatic heterocycles. The molecule has 9 nitrogen and oxygen atoms in total. The fraction of sp³-hybridized carbons (Fsp3) is 0.520. The zero-order valence-electron chi connectivity index (χ0n) is 20.9. The zero-order chi connectivity index (χ0) is 25.6. The van der Waals surface area contributed by atoms with Crippen LogP contribution in [0.4, 0.5) is 10.6 Å². The molecule has 35 heavy (non-hydrogen) atoms. The molecule has 1 fully saturated rings. The van der Waals surface area contributed by atoms with Crippen LogP contribution in [0.5, 0.6) is 5.75 Å². The Hall–Kier alpha value is -3.07. The van der Waals surface area contributed by atoms with Crippen molar-refractivity contribution >= 4 is 29.5 Å². The van der Waals surface area contributed by atoms with E-state index in [1.165, 1.54) is 0 Å². The van der Waals surface area contributed by atoms with Gasteiger partial charge in [0, 0.05) is 30.2 Å². The molecule has 0 saturated carbocycles. The maximum absolute atomic E-state index is 12.0. The van der Waals surface area contributed by atoms with Crippen molar-refractivity contribution in [2.24, 2.45) is 5.92 Å². The Labute approximate surface area is 211 Å². The lowest BCUT2D eigenvalue weighted by Gasteiger charge is -2.22. The molecule has 1 aromatic carbocycles. The van der Waals surface area contributed by atoms with Crippen LogP contribution in [-0.4, -0.2) is 60.5 Å². The van der Waals surface area contributed by atoms with Gasteiger partial charge in [0.15, 0.2) is 24.0 Å². The Morgan fingerprint density at radius 2 is 2.06 bits per heavy atom. The Balaban J connectivity index is 1.77. The number of nitrogens with zero attached hydrogens (tertiary/aromatic N) is 3. The van der Waals surface area contributed by atoms with E-state index < -0.39 is 17.7 Å². The van der Waals surface area contributed by atoms with Crippen LogP contribution in [0.25, 0.3) is 11.4 Å². The van der Waals surface area contributed by atoms with Crippen molar-refractivity contribution in [3.8, 4) is 17.1 Å². The molecule has 0 bridgehead atoms. The second-order valence-electron chi connectivity index (χ2n) is 9.42. The molecule has 10 heteroatoms. The van der Waals surface area contributed by atoms with Gasteiger partial charge in [-0.1, -0.05) is 23.7 Å². The molecule has 2 aromatic rings. The van der Waals surface area contributed by atoms with Gasteiger partial charge in [-0.05, 0) is 58.6 Å². The first kappa shape index (κ1) is 26.5. The summed E-state index contributed by atoms with van der Waals surface area (Å²) in [6.07, 6.45) is 1.98. The molecule has 0 radical (unpaired) electrons. The highest BCUT2D eigenvalue weighted by atomic mass is 35.5. The summed E-state index contributed by atoms with van der Waals surface area (Å²) >= 11 is 6.31. The Kier molecular flexibility index (Phi) is 8.77. The fourth-order valence-corrected chi connectivity index (χ4v) is 3.81. The molecule has 190 valence electrons. The highest BCUT2D eigenvalue weighted by Gasteiger charge is 2.28. The van der Waals surface area contributed by atoms with Gasteiger partial charge < -0.3 is 24.4 Å². The number of amides is 1. The van der Waals surface area contributed by atoms with Crippen molar-refractivity contribution < 1.29 is 23.8 Å². The van der Waals surface area contributed by atoms with Gasteiger partial charge in [0.2, 0.25) is 0 Å². The van der Waals surface area contributed by atoms with Crippen LogP contribution in [0.1, 0.15) is 39.7 Å². The summed E-state index contributed by atoms with van der Waals surface area (Å²) in [5.74, 6) is 1.21. The van der Waals surface area contributed by atoms with Crippen LogP contribution < -0.4 is 15.0 Å². The van der Waals surface area contributed by atoms with Crippen molar-refractivity contribution in [3.05, 3.63) is 35.0 Å². The number of rotatable bonds is 8. The van der Waals surface area contributed by atoms with Gasteiger partial charge in [0.05, 0.1) is 12.8 Å². The summed E-state index contributed by atoms with van der Waals surface area (Å²) < 4.78 is 16.0. The quantitative estimate of drug-likeness (QED) is 0.528. The first-order valence-electron chi connectivity index (χ1n) is 11.7. The number of carbonyl (C=O) groups is 2. The average Bonchev–Trinajstić information content (AvgIpc) is 3.26. The first-order valence-corrected chi connectivity index (χ1v) is 12.1. The second kappa shape index (κ2) is 11.6. The molecule has 1 N–H and O–H groups in total. The molecular weight excluding hydrogens is 472 g/mol. The largest absolute Gasteiger partial charge is 0.476 e. The second-order valence-corrected chi connectivity index (χ2v) is 9.83. The summed E-state index contributed by atoms with van der Waals surface area (Å²) in [6, 6.07) is 5.66. The minimum atomic E-state index is -0.548. The average molecular weight is 505 g/mol. The number of benzene rings is 1. The fourth-order valence-electron chi connectivity index (χ4n) is 3.63. The standard InChI is InChI=1S/C25H33ClN4O5/c1-6-33-21(31)15-34-20-13-27-22(18-8-7-16(2)19(26)11-18)29-23(20)30-10-9-17(14-30)12-28-24(32)35-25(3,4)5/h7-8,11,13,17H,6,9-10,12,14-15H2,1-5H3,(H,28,32). The van der Waals surface area contributed by atoms with E-state index in [2.05, 4.69) is 15.2 Å². The van der Waals surface area contributed by atoms with Gasteiger partial charge in [-0.2, -0.15) is 0 Å². The smallest absolute Gasteiger partial charge is 0.407 e. The summed E-state index contributed by atoms with van der Waals surface area (Å²) in [5.41, 5.74) is 1.19. The summed E-state index contributed by atoms with van der Waals surface area (Å²) in [6.45, 7) is 11.0. The third-order valence-electron chi connectivity index (χ3n) is 5.34. The third kappa shape index (κ3) is 7.71. The van der Waals surface area contributed by atoms with Crippen molar-refractivity contribution in [2.75, 3.05) is 37.7 Å². The zero-order valence-corrected chi connectivity index (χ0v) is 21.6. The van der Waals surface area contributed by atoms with Crippen LogP contribution in [0, 0.1) is 12.8 Å². The number of esters is 1. The highest BCUT2D eigenvalue weighted by molar-refractivity contribution is 6.31. The Morgan fingerprint density at radius 3 is 2.74 bits per heavy atom. The van der Waals surface area contributed by atoms with Gasteiger partial charge in [-0.15, -0.1) is 0 Å². The molecule has 1 atom stereocenters. The summed E-state index contributed by atoms with van der Waals surface area (Å²) in [5, 5.41) is 3.47. The molecule has 1 unspecified atom stereocenters. The number of hydrogen-bond acceptors (Lipinski definition) is 8. The molecule has 0 spiro atoms. The van der Waals surface area contributed by atoms with Gasteiger partial charge in [-0.3, -0.25) is 0 Å². The number of anilines is 1. The van der Waals surface area contributed by atoms with E-state index in [1.54, 1.807) is 13.1 Å². The van der Waals surface area contributed by atoms with Crippen LogP contribution in [0.3, 0.4) is 0 Å². The van der Waals surface area contributed by atoms with E-state index >= 15 is 0 Å². The van der Waals surface area contributed by atoms with Crippen molar-refractivity contribution in [2.45, 2.75) is 46.6 Å². The molecular formula is C25H33ClN4O5. The van der Waals surface area contributed by atoms with Crippen LogP contribution in [0.2, 0.25) is 5.02 Å². The third-order valence-corrected chi connectivity index (χ3v) is 5.74. The number of carbonyl (C=O) groups excluding carboxylic acids is 2. The number of halogens is 1. The number of aromatic nitrogens is 2. The SMILES string of the molecule is CCOC(=O)COc1cnc(-c2ccc(C)c(Cl)c2)nc1N1CCC(CNC(=O)OC(C)(C)C)C1. The minimum Gasteiger partial charge on any atom is -0.476 e. The van der Waals surface area contributed by atoms with Crippen LogP contribution >= 0.6 is 11.6 Å². The van der Waals surface area contributed by atoms with Gasteiger partial charge in [0.25, 0.3) is 0 Å². The predicted molar refractivity (Wildman–Crippen MR) is 134 cm³/mol. The normalized spacial score (nSPS) is 15.6. The number of alkyl carbamates (subject to hydrolysis) is 1. The van der Waals surface area contributed by atoms with E-state index in [9.17, 15) is 9.59 Å². The van der Waals surface area contributed by atoms with Gasteiger partial charge >= 0.3 is 12.1 Å². The predicted octanol–water partition coefficient (Wildman–Crippen LogP) is 4.40. The lowest BCUT2D eigenvalue weighted by molar-refractivity contribution is -0.145. The van der Waals surface area contributed by atoms with Gasteiger partial charge in [-0.25, -0.2) is 19.6 Å². The molecule has 1 aromatic heterocycles. The van der Waals surface area contributed by atoms with Crippen LogP contribution in [-0.2, 0) is 14.3 Å². The Morgan fingerprint density at radius 1 is 1.29 bits per heavy atom. The first-order chi connectivity index (χ1) is 16.6. The van der Waals surface area contributed by atoms with E-state index in [0.717, 1.165) is 17.5 Å². The lowest BCUT2D eigenvalue weighted by atomic mass is 10.1. The van der Waals surface area contributed by atoms with Crippen molar-refractivity contribution in [1.29, 1.82) is 0 Å². The number of nitrogens with one attached hydrogen (secondary N) is 1. The molecule has 1 saturated heterocycles. The van der Waals surface area contributed by atoms with Crippen LogP contribution in [0.15, 0.2) is 24.4 Å². The number of hydrogen-bond donors (Lipinski definition) is 1. The molecule has 1 aliphatic rings. The maximum atomic E-state index is 12.0. The van der Waals surface area contributed by atoms with E-state index in [4.69, 9.17) is 30.8 Å². The molecule has 2 heterocycles. The minimum absolute atomic E-state index is 0.202. The molecule has 3 rings (SSSR count). The lowest BCUT2D eigenvalue weighted by Crippen LogP contribution is -2.36. The monoisotopic (exact) mass is 504 g/mol. The Bertz CT molecular complexity index is 1060. The maximum Gasteiger partial charge on any atom is 0.407 e. The van der Waals surface area contributed by atoms with Gasteiger partial charge in [0.1, 0.15) is 5.60 Å². The van der Waals surface area contributed by atoms with E-state index in [-0.39, 0.29) is 19.1 Å². The van der Waals surface area contributed by atoms with Crippen molar-refractivity contribution in [1.82, 2.24) is 15.3 Å². The highest BCUT2D eigenvalue weighted by Crippen LogP contribution is 2.33. The molecule has 0 aliphatic carbocycles. The van der Waals surface area contributed by atoms with E-state index in [1.807, 2.05) is 45.9 Å². The molecule has 1 amide bonds. The number of aryl methyl sites for hydroxylation is 1.